The molecule has 1 aromatic heterocycles. The number of carbonyl (C=O) groups excluding carboxylic acids is 2. The van der Waals surface area contributed by atoms with Crippen LogP contribution >= 0.6 is 0 Å². The van der Waals surface area contributed by atoms with Crippen LogP contribution in [-0.4, -0.2) is 64.3 Å². The molecular formula is C26H32N4O3. The highest BCUT2D eigenvalue weighted by Gasteiger charge is 2.36. The van der Waals surface area contributed by atoms with E-state index in [0.29, 0.717) is 32.8 Å². The zero-order valence-electron chi connectivity index (χ0n) is 19.3. The van der Waals surface area contributed by atoms with Crippen molar-refractivity contribution in [1.29, 1.82) is 0 Å². The lowest BCUT2D eigenvalue weighted by Crippen LogP contribution is -2.38. The van der Waals surface area contributed by atoms with Crippen LogP contribution in [0.5, 0.6) is 5.75 Å². The summed E-state index contributed by atoms with van der Waals surface area (Å²) in [5.41, 5.74) is 3.44. The van der Waals surface area contributed by atoms with Crippen LogP contribution in [0.1, 0.15) is 30.0 Å². The van der Waals surface area contributed by atoms with Crippen molar-refractivity contribution in [3.63, 3.8) is 0 Å². The Balaban J connectivity index is 1.44. The maximum absolute atomic E-state index is 13.2. The summed E-state index contributed by atoms with van der Waals surface area (Å²) in [6.07, 6.45) is 5.63. The minimum Gasteiger partial charge on any atom is -0.491 e. The molecule has 0 radical (unpaired) electrons. The molecule has 33 heavy (non-hydrogen) atoms. The Labute approximate surface area is 195 Å². The van der Waals surface area contributed by atoms with Crippen molar-refractivity contribution in [2.24, 2.45) is 5.92 Å². The van der Waals surface area contributed by atoms with Crippen LogP contribution in [0, 0.1) is 5.92 Å². The third kappa shape index (κ3) is 5.60. The Kier molecular flexibility index (Phi) is 7.40. The maximum Gasteiger partial charge on any atom is 0.228 e. The molecule has 2 aromatic rings. The number of amides is 2. The molecule has 0 aliphatic carbocycles. The average molecular weight is 449 g/mol. The Hall–Kier alpha value is -3.19. The molecule has 0 N–H and O–H groups in total. The standard InChI is InChI=1S/C26H32N4O3/c1-3-11-29-19-23(15-25(29)31)26(32)30-12-13-33-24-6-5-21(14-22(24)18-30)17-28(4-2)16-20-7-9-27-10-8-20/h3,5-10,14,23H,1,4,11-13,15-19H2,2H3. The second-order valence-electron chi connectivity index (χ2n) is 8.70. The van der Waals surface area contributed by atoms with E-state index in [0.717, 1.165) is 30.9 Å². The highest BCUT2D eigenvalue weighted by molar-refractivity contribution is 5.89. The van der Waals surface area contributed by atoms with Crippen LogP contribution < -0.4 is 4.74 Å². The van der Waals surface area contributed by atoms with Gasteiger partial charge in [0.25, 0.3) is 0 Å². The highest BCUT2D eigenvalue weighted by Crippen LogP contribution is 2.28. The van der Waals surface area contributed by atoms with Crippen LogP contribution in [0.25, 0.3) is 0 Å². The molecule has 0 bridgehead atoms. The average Bonchev–Trinajstić information content (AvgIpc) is 3.06. The lowest BCUT2D eigenvalue weighted by Gasteiger charge is -2.24. The van der Waals surface area contributed by atoms with Gasteiger partial charge in [-0.2, -0.15) is 0 Å². The van der Waals surface area contributed by atoms with E-state index >= 15 is 0 Å². The third-order valence-electron chi connectivity index (χ3n) is 6.34. The van der Waals surface area contributed by atoms with E-state index in [1.54, 1.807) is 11.0 Å². The maximum atomic E-state index is 13.2. The Bertz CT molecular complexity index is 994. The number of fused-ring (bicyclic) bond motifs is 1. The molecule has 7 nitrogen and oxygen atoms in total. The van der Waals surface area contributed by atoms with E-state index in [9.17, 15) is 9.59 Å². The molecule has 3 heterocycles. The molecule has 4 rings (SSSR count). The van der Waals surface area contributed by atoms with Crippen LogP contribution in [0.2, 0.25) is 0 Å². The number of likely N-dealkylation sites (tertiary alicyclic amines) is 1. The van der Waals surface area contributed by atoms with Gasteiger partial charge in [-0.3, -0.25) is 19.5 Å². The molecular weight excluding hydrogens is 416 g/mol. The van der Waals surface area contributed by atoms with Gasteiger partial charge in [-0.05, 0) is 41.9 Å². The molecule has 1 atom stereocenters. The Morgan fingerprint density at radius 2 is 2.03 bits per heavy atom. The van der Waals surface area contributed by atoms with Gasteiger partial charge in [0.1, 0.15) is 12.4 Å². The first-order valence-electron chi connectivity index (χ1n) is 11.6. The topological polar surface area (TPSA) is 66.0 Å². The Morgan fingerprint density at radius 3 is 2.79 bits per heavy atom. The van der Waals surface area contributed by atoms with Crippen molar-refractivity contribution < 1.29 is 14.3 Å². The third-order valence-corrected chi connectivity index (χ3v) is 6.34. The molecule has 174 valence electrons. The fourth-order valence-corrected chi connectivity index (χ4v) is 4.55. The predicted molar refractivity (Wildman–Crippen MR) is 126 cm³/mol. The minimum atomic E-state index is -0.293. The van der Waals surface area contributed by atoms with E-state index < -0.39 is 0 Å². The van der Waals surface area contributed by atoms with Gasteiger partial charge in [0.05, 0.1) is 12.5 Å². The number of carbonyl (C=O) groups is 2. The van der Waals surface area contributed by atoms with Gasteiger partial charge in [-0.25, -0.2) is 0 Å². The largest absolute Gasteiger partial charge is 0.491 e. The first-order chi connectivity index (χ1) is 16.1. The number of hydrogen-bond donors (Lipinski definition) is 0. The fourth-order valence-electron chi connectivity index (χ4n) is 4.55. The molecule has 1 fully saturated rings. The second kappa shape index (κ2) is 10.6. The van der Waals surface area contributed by atoms with Gasteiger partial charge in [0.2, 0.25) is 11.8 Å². The molecule has 1 aromatic carbocycles. The number of nitrogens with zero attached hydrogens (tertiary/aromatic N) is 4. The molecule has 2 aliphatic heterocycles. The number of pyridine rings is 1. The second-order valence-corrected chi connectivity index (χ2v) is 8.70. The Morgan fingerprint density at radius 1 is 1.24 bits per heavy atom. The number of ether oxygens (including phenoxy) is 1. The summed E-state index contributed by atoms with van der Waals surface area (Å²) in [5.74, 6) is 0.598. The summed E-state index contributed by atoms with van der Waals surface area (Å²) < 4.78 is 5.95. The zero-order valence-corrected chi connectivity index (χ0v) is 19.3. The number of benzene rings is 1. The van der Waals surface area contributed by atoms with Crippen LogP contribution in [0.3, 0.4) is 0 Å². The molecule has 1 saturated heterocycles. The molecule has 0 spiro atoms. The quantitative estimate of drug-likeness (QED) is 0.581. The van der Waals surface area contributed by atoms with Gasteiger partial charge in [0.15, 0.2) is 0 Å². The van der Waals surface area contributed by atoms with Crippen molar-refractivity contribution in [3.8, 4) is 5.75 Å². The van der Waals surface area contributed by atoms with Crippen molar-refractivity contribution in [2.45, 2.75) is 33.0 Å². The zero-order chi connectivity index (χ0) is 23.2. The van der Waals surface area contributed by atoms with Gasteiger partial charge >= 0.3 is 0 Å². The van der Waals surface area contributed by atoms with Crippen molar-refractivity contribution in [1.82, 2.24) is 19.7 Å². The SMILES string of the molecule is C=CCN1CC(C(=O)N2CCOc3ccc(CN(CC)Cc4ccncc4)cc3C2)CC1=O. The summed E-state index contributed by atoms with van der Waals surface area (Å²) in [6.45, 7) is 10.9. The molecule has 2 amide bonds. The number of hydrogen-bond acceptors (Lipinski definition) is 5. The minimum absolute atomic E-state index is 0.0239. The van der Waals surface area contributed by atoms with Crippen LogP contribution in [0.4, 0.5) is 0 Å². The summed E-state index contributed by atoms with van der Waals surface area (Å²) in [7, 11) is 0. The van der Waals surface area contributed by atoms with E-state index in [-0.39, 0.29) is 24.2 Å². The van der Waals surface area contributed by atoms with E-state index in [1.807, 2.05) is 35.5 Å². The summed E-state index contributed by atoms with van der Waals surface area (Å²) in [5, 5.41) is 0. The molecule has 0 saturated carbocycles. The first-order valence-corrected chi connectivity index (χ1v) is 11.6. The highest BCUT2D eigenvalue weighted by atomic mass is 16.5. The van der Waals surface area contributed by atoms with Crippen molar-refractivity contribution in [3.05, 3.63) is 72.1 Å². The lowest BCUT2D eigenvalue weighted by molar-refractivity contribution is -0.136. The fraction of sp³-hybridized carbons (Fsp3) is 0.423. The summed E-state index contributed by atoms with van der Waals surface area (Å²) in [4.78, 5) is 35.5. The smallest absolute Gasteiger partial charge is 0.228 e. The normalized spacial score (nSPS) is 18.1. The van der Waals surface area contributed by atoms with Crippen molar-refractivity contribution in [2.75, 3.05) is 32.8 Å². The van der Waals surface area contributed by atoms with Gasteiger partial charge in [0, 0.05) is 57.1 Å². The monoisotopic (exact) mass is 448 g/mol. The van der Waals surface area contributed by atoms with Gasteiger partial charge in [-0.1, -0.05) is 19.1 Å². The van der Waals surface area contributed by atoms with E-state index in [4.69, 9.17) is 4.74 Å². The molecule has 2 aliphatic rings. The van der Waals surface area contributed by atoms with Crippen LogP contribution in [0.15, 0.2) is 55.4 Å². The van der Waals surface area contributed by atoms with Crippen LogP contribution in [-0.2, 0) is 29.2 Å². The summed E-state index contributed by atoms with van der Waals surface area (Å²) >= 11 is 0. The number of aromatic nitrogens is 1. The molecule has 7 heteroatoms. The van der Waals surface area contributed by atoms with Gasteiger partial charge < -0.3 is 14.5 Å². The van der Waals surface area contributed by atoms with Gasteiger partial charge in [-0.15, -0.1) is 6.58 Å². The first kappa shape index (κ1) is 23.0. The van der Waals surface area contributed by atoms with Crippen molar-refractivity contribution >= 4 is 11.8 Å². The van der Waals surface area contributed by atoms with E-state index in [1.165, 1.54) is 11.1 Å². The number of rotatable bonds is 8. The van der Waals surface area contributed by atoms with E-state index in [2.05, 4.69) is 35.5 Å². The summed E-state index contributed by atoms with van der Waals surface area (Å²) in [6, 6.07) is 10.4. The molecule has 1 unspecified atom stereocenters. The lowest BCUT2D eigenvalue weighted by atomic mass is 10.1. The predicted octanol–water partition coefficient (Wildman–Crippen LogP) is 2.86.